The summed E-state index contributed by atoms with van der Waals surface area (Å²) in [4.78, 5) is 0. The summed E-state index contributed by atoms with van der Waals surface area (Å²) in [5, 5.41) is 13.4. The molecule has 2 N–H and O–H groups in total. The molecule has 3 heteroatoms. The molecule has 100 valence electrons. The van der Waals surface area contributed by atoms with Crippen LogP contribution in [0.15, 0.2) is 18.2 Å². The van der Waals surface area contributed by atoms with E-state index in [9.17, 15) is 5.11 Å². The number of hydrogen-bond donors (Lipinski definition) is 2. The van der Waals surface area contributed by atoms with Crippen LogP contribution in [0.25, 0.3) is 0 Å². The Morgan fingerprint density at radius 3 is 2.67 bits per heavy atom. The molecule has 3 nitrogen and oxygen atoms in total. The van der Waals surface area contributed by atoms with Crippen molar-refractivity contribution < 1.29 is 9.84 Å². The molecule has 18 heavy (non-hydrogen) atoms. The van der Waals surface area contributed by atoms with Gasteiger partial charge in [-0.05, 0) is 56.9 Å². The fourth-order valence-corrected chi connectivity index (χ4v) is 1.95. The molecule has 0 radical (unpaired) electrons. The van der Waals surface area contributed by atoms with E-state index in [1.807, 2.05) is 39.0 Å². The number of hydrogen-bond acceptors (Lipinski definition) is 3. The monoisotopic (exact) mass is 249 g/mol. The van der Waals surface area contributed by atoms with Gasteiger partial charge >= 0.3 is 0 Å². The first kappa shape index (κ1) is 13.4. The number of aryl methyl sites for hydroxylation is 1. The third-order valence-corrected chi connectivity index (χ3v) is 3.12. The van der Waals surface area contributed by atoms with E-state index in [2.05, 4.69) is 5.32 Å². The second-order valence-corrected chi connectivity index (χ2v) is 5.39. The van der Waals surface area contributed by atoms with Gasteiger partial charge in [0.2, 0.25) is 0 Å². The van der Waals surface area contributed by atoms with Gasteiger partial charge in [-0.2, -0.15) is 0 Å². The van der Waals surface area contributed by atoms with Gasteiger partial charge in [0.15, 0.2) is 0 Å². The third-order valence-electron chi connectivity index (χ3n) is 3.12. The average molecular weight is 249 g/mol. The van der Waals surface area contributed by atoms with Crippen LogP contribution in [-0.4, -0.2) is 23.8 Å². The quantitative estimate of drug-likeness (QED) is 0.814. The Balaban J connectivity index is 1.97. The lowest BCUT2D eigenvalue weighted by atomic mass is 10.1. The average Bonchev–Trinajstić information content (AvgIpc) is 3.12. The fourth-order valence-electron chi connectivity index (χ4n) is 1.95. The number of ether oxygens (including phenoxy) is 1. The molecule has 0 saturated heterocycles. The zero-order valence-corrected chi connectivity index (χ0v) is 11.4. The van der Waals surface area contributed by atoms with Crippen molar-refractivity contribution in [3.8, 4) is 5.75 Å². The zero-order chi connectivity index (χ0) is 13.1. The van der Waals surface area contributed by atoms with Crippen LogP contribution in [0.3, 0.4) is 0 Å². The number of benzene rings is 1. The second kappa shape index (κ2) is 5.72. The molecule has 0 spiro atoms. The summed E-state index contributed by atoms with van der Waals surface area (Å²) in [6, 6.07) is 6.54. The summed E-state index contributed by atoms with van der Waals surface area (Å²) in [6.45, 7) is 6.68. The predicted octanol–water partition coefficient (Wildman–Crippen LogP) is 2.57. The van der Waals surface area contributed by atoms with Crippen LogP contribution >= 0.6 is 0 Å². The first-order chi connectivity index (χ1) is 8.56. The van der Waals surface area contributed by atoms with Crippen molar-refractivity contribution in [1.29, 1.82) is 0 Å². The number of rotatable bonds is 6. The highest BCUT2D eigenvalue weighted by molar-refractivity contribution is 5.37. The Morgan fingerprint density at radius 2 is 2.11 bits per heavy atom. The van der Waals surface area contributed by atoms with Crippen LogP contribution in [0, 0.1) is 6.92 Å². The van der Waals surface area contributed by atoms with E-state index < -0.39 is 6.10 Å². The molecule has 0 heterocycles. The highest BCUT2D eigenvalue weighted by Crippen LogP contribution is 2.24. The van der Waals surface area contributed by atoms with Crippen molar-refractivity contribution >= 4 is 0 Å². The molecule has 0 aromatic heterocycles. The van der Waals surface area contributed by atoms with Crippen molar-refractivity contribution in [2.75, 3.05) is 6.54 Å². The Morgan fingerprint density at radius 1 is 1.39 bits per heavy atom. The maximum absolute atomic E-state index is 10.1. The molecule has 2 rings (SSSR count). The normalized spacial score (nSPS) is 16.9. The predicted molar refractivity (Wildman–Crippen MR) is 72.9 cm³/mol. The van der Waals surface area contributed by atoms with Crippen LogP contribution in [0.2, 0.25) is 0 Å². The van der Waals surface area contributed by atoms with E-state index in [1.54, 1.807) is 0 Å². The van der Waals surface area contributed by atoms with Gasteiger partial charge in [-0.3, -0.25) is 0 Å². The van der Waals surface area contributed by atoms with Gasteiger partial charge in [-0.1, -0.05) is 6.07 Å². The summed E-state index contributed by atoms with van der Waals surface area (Å²) < 4.78 is 5.69. The van der Waals surface area contributed by atoms with Gasteiger partial charge in [0.1, 0.15) is 5.75 Å². The molecule has 1 unspecified atom stereocenters. The van der Waals surface area contributed by atoms with Crippen LogP contribution < -0.4 is 10.1 Å². The Kier molecular flexibility index (Phi) is 4.25. The molecule has 1 aliphatic carbocycles. The lowest BCUT2D eigenvalue weighted by Gasteiger charge is -2.16. The lowest BCUT2D eigenvalue weighted by Crippen LogP contribution is -2.23. The van der Waals surface area contributed by atoms with Gasteiger partial charge in [0.25, 0.3) is 0 Å². The first-order valence-corrected chi connectivity index (χ1v) is 6.75. The maximum atomic E-state index is 10.1. The van der Waals surface area contributed by atoms with Crippen molar-refractivity contribution in [3.05, 3.63) is 29.3 Å². The number of aliphatic hydroxyl groups is 1. The van der Waals surface area contributed by atoms with E-state index in [4.69, 9.17) is 4.74 Å². The molecule has 1 fully saturated rings. The van der Waals surface area contributed by atoms with Crippen LogP contribution in [0.4, 0.5) is 0 Å². The van der Waals surface area contributed by atoms with Crippen LogP contribution in [-0.2, 0) is 0 Å². The van der Waals surface area contributed by atoms with Gasteiger partial charge < -0.3 is 15.2 Å². The largest absolute Gasteiger partial charge is 0.491 e. The SMILES string of the molecule is Cc1cc(C(O)CNC2CC2)ccc1OC(C)C. The molecule has 1 saturated carbocycles. The molecule has 1 aromatic rings. The standard InChI is InChI=1S/C15H23NO2/c1-10(2)18-15-7-4-12(8-11(15)3)14(17)9-16-13-5-6-13/h4,7-8,10,13-14,16-17H,5-6,9H2,1-3H3. The van der Waals surface area contributed by atoms with Crippen molar-refractivity contribution in [1.82, 2.24) is 5.32 Å². The summed E-state index contributed by atoms with van der Waals surface area (Å²) in [7, 11) is 0. The number of aliphatic hydroxyl groups excluding tert-OH is 1. The van der Waals surface area contributed by atoms with E-state index in [1.165, 1.54) is 12.8 Å². The highest BCUT2D eigenvalue weighted by Gasteiger charge is 2.21. The summed E-state index contributed by atoms with van der Waals surface area (Å²) in [6.07, 6.45) is 2.23. The first-order valence-electron chi connectivity index (χ1n) is 6.75. The molecule has 0 bridgehead atoms. The van der Waals surface area contributed by atoms with Gasteiger partial charge in [-0.25, -0.2) is 0 Å². The summed E-state index contributed by atoms with van der Waals surface area (Å²) >= 11 is 0. The molecular formula is C15H23NO2. The fraction of sp³-hybridized carbons (Fsp3) is 0.600. The van der Waals surface area contributed by atoms with Crippen molar-refractivity contribution in [3.63, 3.8) is 0 Å². The van der Waals surface area contributed by atoms with Crippen molar-refractivity contribution in [2.24, 2.45) is 0 Å². The highest BCUT2D eigenvalue weighted by atomic mass is 16.5. The Labute approximate surface area is 109 Å². The van der Waals surface area contributed by atoms with E-state index >= 15 is 0 Å². The van der Waals surface area contributed by atoms with E-state index in [-0.39, 0.29) is 6.10 Å². The summed E-state index contributed by atoms with van der Waals surface area (Å²) in [5.74, 6) is 0.899. The molecule has 1 aliphatic rings. The molecule has 1 aromatic carbocycles. The lowest BCUT2D eigenvalue weighted by molar-refractivity contribution is 0.174. The van der Waals surface area contributed by atoms with Crippen LogP contribution in [0.5, 0.6) is 5.75 Å². The summed E-state index contributed by atoms with van der Waals surface area (Å²) in [5.41, 5.74) is 2.03. The van der Waals surface area contributed by atoms with Gasteiger partial charge in [0.05, 0.1) is 12.2 Å². The molecular weight excluding hydrogens is 226 g/mol. The third kappa shape index (κ3) is 3.72. The molecule has 1 atom stereocenters. The van der Waals surface area contributed by atoms with Crippen molar-refractivity contribution in [2.45, 2.75) is 51.9 Å². The zero-order valence-electron chi connectivity index (χ0n) is 11.4. The van der Waals surface area contributed by atoms with E-state index in [0.717, 1.165) is 16.9 Å². The minimum Gasteiger partial charge on any atom is -0.491 e. The number of nitrogens with one attached hydrogen (secondary N) is 1. The molecule has 0 aliphatic heterocycles. The molecule has 0 amide bonds. The Hall–Kier alpha value is -1.06. The van der Waals surface area contributed by atoms with Crippen LogP contribution in [0.1, 0.15) is 43.9 Å². The van der Waals surface area contributed by atoms with Gasteiger partial charge in [-0.15, -0.1) is 0 Å². The minimum atomic E-state index is -0.433. The second-order valence-electron chi connectivity index (χ2n) is 5.39. The van der Waals surface area contributed by atoms with Gasteiger partial charge in [0, 0.05) is 12.6 Å². The minimum absolute atomic E-state index is 0.177. The smallest absolute Gasteiger partial charge is 0.122 e. The van der Waals surface area contributed by atoms with E-state index in [0.29, 0.717) is 12.6 Å². The Bertz CT molecular complexity index is 399. The topological polar surface area (TPSA) is 41.5 Å². The maximum Gasteiger partial charge on any atom is 0.122 e.